The fourth-order valence-corrected chi connectivity index (χ4v) is 4.07. The molecule has 0 saturated heterocycles. The Morgan fingerprint density at radius 3 is 2.52 bits per heavy atom. The van der Waals surface area contributed by atoms with Crippen LogP contribution in [0.15, 0.2) is 48.5 Å². The minimum Gasteiger partial charge on any atom is -0.480 e. The van der Waals surface area contributed by atoms with Crippen LogP contribution in [0.25, 0.3) is 0 Å². The molecule has 2 unspecified atom stereocenters. The van der Waals surface area contributed by atoms with Gasteiger partial charge in [-0.25, -0.2) is 0 Å². The molecule has 27 heavy (non-hydrogen) atoms. The van der Waals surface area contributed by atoms with Crippen LogP contribution in [-0.4, -0.2) is 36.1 Å². The molecule has 1 aliphatic carbocycles. The number of likely N-dealkylation sites (N-methyl/N-ethyl adjacent to an activating group) is 1. The van der Waals surface area contributed by atoms with Gasteiger partial charge in [-0.05, 0) is 54.6 Å². The largest absolute Gasteiger partial charge is 0.480 e. The highest BCUT2D eigenvalue weighted by atomic mass is 19.4. The van der Waals surface area contributed by atoms with Crippen molar-refractivity contribution in [2.24, 2.45) is 5.92 Å². The molecule has 3 rings (SSSR count). The van der Waals surface area contributed by atoms with Crippen molar-refractivity contribution in [2.45, 2.75) is 24.9 Å². The van der Waals surface area contributed by atoms with Gasteiger partial charge in [0.05, 0.1) is 12.1 Å². The fraction of sp³-hybridized carbons (Fsp3) is 0.381. The zero-order valence-electron chi connectivity index (χ0n) is 15.0. The van der Waals surface area contributed by atoms with Crippen LogP contribution in [0.5, 0.6) is 0 Å². The van der Waals surface area contributed by atoms with Gasteiger partial charge in [-0.1, -0.05) is 36.4 Å². The minimum atomic E-state index is -4.35. The number of hydrogen-bond acceptors (Lipinski definition) is 2. The Bertz CT molecular complexity index is 805. The van der Waals surface area contributed by atoms with Gasteiger partial charge in [0.15, 0.2) is 0 Å². The normalized spacial score (nSPS) is 19.7. The molecule has 0 spiro atoms. The summed E-state index contributed by atoms with van der Waals surface area (Å²) in [6, 6.07) is 13.7. The topological polar surface area (TPSA) is 40.5 Å². The number of fused-ring (bicyclic) bond motifs is 1. The average Bonchev–Trinajstić information content (AvgIpc) is 2.60. The number of carboxylic acid groups (broad SMARTS) is 1. The molecule has 0 heterocycles. The molecular formula is C21H22F3NO2. The predicted octanol–water partition coefficient (Wildman–Crippen LogP) is 4.42. The lowest BCUT2D eigenvalue weighted by Crippen LogP contribution is -2.35. The summed E-state index contributed by atoms with van der Waals surface area (Å²) in [5.74, 6) is -0.797. The van der Waals surface area contributed by atoms with E-state index in [-0.39, 0.29) is 18.4 Å². The van der Waals surface area contributed by atoms with Crippen molar-refractivity contribution in [1.29, 1.82) is 0 Å². The van der Waals surface area contributed by atoms with Crippen LogP contribution in [0, 0.1) is 5.92 Å². The highest BCUT2D eigenvalue weighted by Gasteiger charge is 2.35. The van der Waals surface area contributed by atoms with Crippen molar-refractivity contribution in [3.8, 4) is 0 Å². The maximum Gasteiger partial charge on any atom is 0.416 e. The first-order chi connectivity index (χ1) is 12.8. The number of carboxylic acids is 1. The van der Waals surface area contributed by atoms with E-state index < -0.39 is 17.7 Å². The zero-order chi connectivity index (χ0) is 19.6. The minimum absolute atomic E-state index is 0.0477. The molecule has 1 aliphatic rings. The standard InChI is InChI=1S/C21H22F3NO2/c1-25(13-19(26)27)12-16-8-7-15-11-17(21(22,23)24)9-10-18(15)20(16)14-5-3-2-4-6-14/h2-6,9-11,16,20H,7-8,12-13H2,1H3,(H,26,27). The van der Waals surface area contributed by atoms with Crippen LogP contribution in [-0.2, 0) is 17.4 Å². The molecule has 6 heteroatoms. The Balaban J connectivity index is 1.97. The van der Waals surface area contributed by atoms with Crippen molar-refractivity contribution in [3.63, 3.8) is 0 Å². The first-order valence-corrected chi connectivity index (χ1v) is 8.91. The van der Waals surface area contributed by atoms with Crippen LogP contribution < -0.4 is 0 Å². The lowest BCUT2D eigenvalue weighted by Gasteiger charge is -2.36. The first-order valence-electron chi connectivity index (χ1n) is 8.91. The Kier molecular flexibility index (Phi) is 5.56. The van der Waals surface area contributed by atoms with E-state index in [9.17, 15) is 18.0 Å². The summed E-state index contributed by atoms with van der Waals surface area (Å²) in [6.07, 6.45) is -3.07. The van der Waals surface area contributed by atoms with E-state index in [0.29, 0.717) is 13.0 Å². The van der Waals surface area contributed by atoms with Crippen molar-refractivity contribution in [2.75, 3.05) is 20.1 Å². The highest BCUT2D eigenvalue weighted by molar-refractivity contribution is 5.69. The van der Waals surface area contributed by atoms with E-state index in [1.165, 1.54) is 6.07 Å². The molecule has 0 aromatic heterocycles. The Labute approximate surface area is 156 Å². The van der Waals surface area contributed by atoms with E-state index in [1.807, 2.05) is 30.3 Å². The third-order valence-corrected chi connectivity index (χ3v) is 5.17. The quantitative estimate of drug-likeness (QED) is 0.839. The summed E-state index contributed by atoms with van der Waals surface area (Å²) < 4.78 is 39.3. The summed E-state index contributed by atoms with van der Waals surface area (Å²) in [7, 11) is 1.76. The molecule has 0 fully saturated rings. The van der Waals surface area contributed by atoms with E-state index in [0.717, 1.165) is 29.2 Å². The average molecular weight is 377 g/mol. The van der Waals surface area contributed by atoms with Gasteiger partial charge in [0.25, 0.3) is 0 Å². The Morgan fingerprint density at radius 2 is 1.89 bits per heavy atom. The number of alkyl halides is 3. The number of halogens is 3. The van der Waals surface area contributed by atoms with Crippen molar-refractivity contribution < 1.29 is 23.1 Å². The maximum absolute atomic E-state index is 13.1. The number of nitrogens with zero attached hydrogens (tertiary/aromatic N) is 1. The summed E-state index contributed by atoms with van der Waals surface area (Å²) >= 11 is 0. The van der Waals surface area contributed by atoms with Gasteiger partial charge in [-0.15, -0.1) is 0 Å². The number of aryl methyl sites for hydroxylation is 1. The first kappa shape index (κ1) is 19.4. The molecule has 0 amide bonds. The van der Waals surface area contributed by atoms with Crippen molar-refractivity contribution in [1.82, 2.24) is 4.90 Å². The summed E-state index contributed by atoms with van der Waals surface area (Å²) in [5.41, 5.74) is 2.08. The zero-order valence-corrected chi connectivity index (χ0v) is 15.0. The van der Waals surface area contributed by atoms with Crippen molar-refractivity contribution >= 4 is 5.97 Å². The molecule has 0 aliphatic heterocycles. The molecule has 2 aromatic carbocycles. The summed E-state index contributed by atoms with van der Waals surface area (Å²) in [5, 5.41) is 9.01. The third kappa shape index (κ3) is 4.50. The SMILES string of the molecule is CN(CC(=O)O)CC1CCc2cc(C(F)(F)F)ccc2C1c1ccccc1. The number of rotatable bonds is 5. The number of carbonyl (C=O) groups is 1. The highest BCUT2D eigenvalue weighted by Crippen LogP contribution is 2.43. The third-order valence-electron chi connectivity index (χ3n) is 5.17. The molecule has 1 N–H and O–H groups in total. The molecule has 0 saturated carbocycles. The van der Waals surface area contributed by atoms with Crippen LogP contribution in [0.1, 0.15) is 34.6 Å². The molecular weight excluding hydrogens is 355 g/mol. The number of benzene rings is 2. The molecule has 144 valence electrons. The van der Waals surface area contributed by atoms with Gasteiger partial charge in [-0.2, -0.15) is 13.2 Å². The molecule has 2 aromatic rings. The van der Waals surface area contributed by atoms with Gasteiger partial charge >= 0.3 is 12.1 Å². The number of aliphatic carboxylic acids is 1. The molecule has 0 radical (unpaired) electrons. The lowest BCUT2D eigenvalue weighted by molar-refractivity contribution is -0.138. The van der Waals surface area contributed by atoms with Gasteiger partial charge in [-0.3, -0.25) is 9.69 Å². The van der Waals surface area contributed by atoms with E-state index >= 15 is 0 Å². The van der Waals surface area contributed by atoms with Gasteiger partial charge < -0.3 is 5.11 Å². The summed E-state index contributed by atoms with van der Waals surface area (Å²) in [6.45, 7) is 0.518. The Hall–Kier alpha value is -2.34. The second-order valence-electron chi connectivity index (χ2n) is 7.19. The molecule has 2 atom stereocenters. The predicted molar refractivity (Wildman–Crippen MR) is 96.7 cm³/mol. The second-order valence-corrected chi connectivity index (χ2v) is 7.19. The lowest BCUT2D eigenvalue weighted by atomic mass is 9.71. The van der Waals surface area contributed by atoms with Crippen LogP contribution in [0.2, 0.25) is 0 Å². The van der Waals surface area contributed by atoms with Gasteiger partial charge in [0.1, 0.15) is 0 Å². The van der Waals surface area contributed by atoms with Crippen LogP contribution in [0.3, 0.4) is 0 Å². The van der Waals surface area contributed by atoms with Gasteiger partial charge in [0.2, 0.25) is 0 Å². The fourth-order valence-electron chi connectivity index (χ4n) is 4.07. The monoisotopic (exact) mass is 377 g/mol. The van der Waals surface area contributed by atoms with Crippen molar-refractivity contribution in [3.05, 3.63) is 70.8 Å². The van der Waals surface area contributed by atoms with E-state index in [4.69, 9.17) is 5.11 Å². The Morgan fingerprint density at radius 1 is 1.19 bits per heavy atom. The molecule has 3 nitrogen and oxygen atoms in total. The van der Waals surface area contributed by atoms with E-state index in [1.54, 1.807) is 18.0 Å². The van der Waals surface area contributed by atoms with Gasteiger partial charge in [0, 0.05) is 12.5 Å². The van der Waals surface area contributed by atoms with E-state index in [2.05, 4.69) is 0 Å². The second kappa shape index (κ2) is 7.72. The number of hydrogen-bond donors (Lipinski definition) is 1. The summed E-state index contributed by atoms with van der Waals surface area (Å²) in [4.78, 5) is 12.7. The maximum atomic E-state index is 13.1. The molecule has 0 bridgehead atoms. The van der Waals surface area contributed by atoms with Crippen LogP contribution >= 0.6 is 0 Å². The van der Waals surface area contributed by atoms with Crippen LogP contribution in [0.4, 0.5) is 13.2 Å². The smallest absolute Gasteiger partial charge is 0.416 e.